The number of hydrogen-bond donors (Lipinski definition) is 2. The highest BCUT2D eigenvalue weighted by Crippen LogP contribution is 2.34. The van der Waals surface area contributed by atoms with Crippen molar-refractivity contribution < 1.29 is 14.3 Å². The SMILES string of the molecule is Nc1cc2c(cc1CN1CCNC(=O)CC1)OCCO2. The van der Waals surface area contributed by atoms with Gasteiger partial charge in [0.25, 0.3) is 0 Å². The van der Waals surface area contributed by atoms with E-state index in [-0.39, 0.29) is 5.91 Å². The van der Waals surface area contributed by atoms with E-state index in [9.17, 15) is 4.79 Å². The summed E-state index contributed by atoms with van der Waals surface area (Å²) in [4.78, 5) is 13.6. The van der Waals surface area contributed by atoms with Gasteiger partial charge in [0.05, 0.1) is 0 Å². The first-order chi connectivity index (χ1) is 9.72. The third-order valence-electron chi connectivity index (χ3n) is 3.60. The molecule has 3 N–H and O–H groups in total. The lowest BCUT2D eigenvalue weighted by molar-refractivity contribution is -0.120. The fourth-order valence-electron chi connectivity index (χ4n) is 2.50. The van der Waals surface area contributed by atoms with Crippen molar-refractivity contribution in [3.63, 3.8) is 0 Å². The molecule has 0 aromatic heterocycles. The Morgan fingerprint density at radius 3 is 2.75 bits per heavy atom. The molecule has 0 unspecified atom stereocenters. The molecule has 0 atom stereocenters. The zero-order chi connectivity index (χ0) is 13.9. The van der Waals surface area contributed by atoms with Gasteiger partial charge in [-0.15, -0.1) is 0 Å². The summed E-state index contributed by atoms with van der Waals surface area (Å²) in [7, 11) is 0. The number of nitrogens with two attached hydrogens (primary N) is 1. The molecule has 1 fully saturated rings. The number of ether oxygens (including phenoxy) is 2. The van der Waals surface area contributed by atoms with E-state index in [1.165, 1.54) is 0 Å². The third-order valence-corrected chi connectivity index (χ3v) is 3.60. The molecule has 6 nitrogen and oxygen atoms in total. The molecular weight excluding hydrogens is 258 g/mol. The number of nitrogens with zero attached hydrogens (tertiary/aromatic N) is 1. The van der Waals surface area contributed by atoms with Gasteiger partial charge in [0.1, 0.15) is 13.2 Å². The Hall–Kier alpha value is -1.95. The summed E-state index contributed by atoms with van der Waals surface area (Å²) in [5.74, 6) is 1.58. The summed E-state index contributed by atoms with van der Waals surface area (Å²) in [6.45, 7) is 4.12. The van der Waals surface area contributed by atoms with Crippen molar-refractivity contribution >= 4 is 11.6 Å². The molecule has 2 aliphatic heterocycles. The van der Waals surface area contributed by atoms with E-state index in [1.807, 2.05) is 12.1 Å². The van der Waals surface area contributed by atoms with E-state index < -0.39 is 0 Å². The van der Waals surface area contributed by atoms with Crippen molar-refractivity contribution in [3.8, 4) is 11.5 Å². The molecule has 0 saturated carbocycles. The van der Waals surface area contributed by atoms with E-state index in [0.29, 0.717) is 37.6 Å². The lowest BCUT2D eigenvalue weighted by Gasteiger charge is -2.23. The van der Waals surface area contributed by atoms with Gasteiger partial charge in [-0.2, -0.15) is 0 Å². The Balaban J connectivity index is 1.75. The van der Waals surface area contributed by atoms with Crippen LogP contribution in [0.2, 0.25) is 0 Å². The second-order valence-corrected chi connectivity index (χ2v) is 5.07. The average Bonchev–Trinajstić information content (AvgIpc) is 2.65. The molecule has 2 heterocycles. The second kappa shape index (κ2) is 5.58. The minimum atomic E-state index is 0.114. The largest absolute Gasteiger partial charge is 0.486 e. The average molecular weight is 277 g/mol. The van der Waals surface area contributed by atoms with Crippen LogP contribution in [0.15, 0.2) is 12.1 Å². The number of amides is 1. The third kappa shape index (κ3) is 2.80. The van der Waals surface area contributed by atoms with Gasteiger partial charge in [-0.25, -0.2) is 0 Å². The highest BCUT2D eigenvalue weighted by molar-refractivity contribution is 5.76. The molecule has 1 amide bonds. The van der Waals surface area contributed by atoms with E-state index in [4.69, 9.17) is 15.2 Å². The van der Waals surface area contributed by atoms with Crippen LogP contribution in [0.25, 0.3) is 0 Å². The van der Waals surface area contributed by atoms with Gasteiger partial charge in [0.2, 0.25) is 5.91 Å². The van der Waals surface area contributed by atoms with E-state index in [0.717, 1.165) is 30.9 Å². The second-order valence-electron chi connectivity index (χ2n) is 5.07. The fraction of sp³-hybridized carbons (Fsp3) is 0.500. The number of anilines is 1. The standard InChI is InChI=1S/C14H19N3O3/c15-11-8-13-12(19-5-6-20-13)7-10(11)9-17-3-1-14(18)16-2-4-17/h7-8H,1-6,9,15H2,(H,16,18). The molecular formula is C14H19N3O3. The molecule has 0 spiro atoms. The number of carbonyl (C=O) groups is 1. The molecule has 6 heteroatoms. The number of rotatable bonds is 2. The van der Waals surface area contributed by atoms with Crippen LogP contribution in [0.4, 0.5) is 5.69 Å². The van der Waals surface area contributed by atoms with Crippen LogP contribution >= 0.6 is 0 Å². The molecule has 108 valence electrons. The van der Waals surface area contributed by atoms with Crippen LogP contribution in [0.1, 0.15) is 12.0 Å². The molecule has 0 aliphatic carbocycles. The smallest absolute Gasteiger partial charge is 0.221 e. The normalized spacial score (nSPS) is 19.3. The number of nitrogens with one attached hydrogen (secondary N) is 1. The molecule has 20 heavy (non-hydrogen) atoms. The van der Waals surface area contributed by atoms with E-state index in [1.54, 1.807) is 0 Å². The van der Waals surface area contributed by atoms with Gasteiger partial charge in [0, 0.05) is 44.4 Å². The highest BCUT2D eigenvalue weighted by atomic mass is 16.6. The van der Waals surface area contributed by atoms with Gasteiger partial charge in [-0.1, -0.05) is 0 Å². The van der Waals surface area contributed by atoms with Gasteiger partial charge in [-0.3, -0.25) is 9.69 Å². The monoisotopic (exact) mass is 277 g/mol. The Morgan fingerprint density at radius 2 is 1.95 bits per heavy atom. The number of hydrogen-bond acceptors (Lipinski definition) is 5. The zero-order valence-electron chi connectivity index (χ0n) is 11.4. The van der Waals surface area contributed by atoms with Crippen LogP contribution < -0.4 is 20.5 Å². The summed E-state index contributed by atoms with van der Waals surface area (Å²) in [5, 5.41) is 2.87. The predicted octanol–water partition coefficient (Wildman–Crippen LogP) is 0.362. The molecule has 0 radical (unpaired) electrons. The molecule has 3 rings (SSSR count). The van der Waals surface area contributed by atoms with Crippen LogP contribution in [-0.2, 0) is 11.3 Å². The number of carbonyl (C=O) groups excluding carboxylic acids is 1. The number of benzene rings is 1. The maximum absolute atomic E-state index is 11.3. The van der Waals surface area contributed by atoms with Gasteiger partial charge < -0.3 is 20.5 Å². The fourth-order valence-corrected chi connectivity index (χ4v) is 2.50. The van der Waals surface area contributed by atoms with Gasteiger partial charge >= 0.3 is 0 Å². The van der Waals surface area contributed by atoms with Crippen LogP contribution in [0.5, 0.6) is 11.5 Å². The first kappa shape index (κ1) is 13.1. The summed E-state index contributed by atoms with van der Waals surface area (Å²) in [6.07, 6.45) is 0.532. The van der Waals surface area contributed by atoms with Crippen LogP contribution in [0.3, 0.4) is 0 Å². The maximum atomic E-state index is 11.3. The van der Waals surface area contributed by atoms with Crippen molar-refractivity contribution in [2.75, 3.05) is 38.6 Å². The van der Waals surface area contributed by atoms with E-state index in [2.05, 4.69) is 10.2 Å². The molecule has 2 aliphatic rings. The Labute approximate surface area is 117 Å². The molecule has 1 aromatic rings. The summed E-state index contributed by atoms with van der Waals surface area (Å²) in [5.41, 5.74) is 7.81. The lowest BCUT2D eigenvalue weighted by Crippen LogP contribution is -2.28. The minimum absolute atomic E-state index is 0.114. The zero-order valence-corrected chi connectivity index (χ0v) is 11.4. The number of fused-ring (bicyclic) bond motifs is 1. The maximum Gasteiger partial charge on any atom is 0.221 e. The van der Waals surface area contributed by atoms with Gasteiger partial charge in [0.15, 0.2) is 11.5 Å². The van der Waals surface area contributed by atoms with E-state index >= 15 is 0 Å². The van der Waals surface area contributed by atoms with Gasteiger partial charge in [-0.05, 0) is 11.6 Å². The van der Waals surface area contributed by atoms with Crippen LogP contribution in [-0.4, -0.2) is 43.7 Å². The van der Waals surface area contributed by atoms with Crippen molar-refractivity contribution in [2.45, 2.75) is 13.0 Å². The lowest BCUT2D eigenvalue weighted by atomic mass is 10.1. The van der Waals surface area contributed by atoms with Crippen molar-refractivity contribution in [1.29, 1.82) is 0 Å². The molecule has 1 saturated heterocycles. The molecule has 0 bridgehead atoms. The predicted molar refractivity (Wildman–Crippen MR) is 74.7 cm³/mol. The Morgan fingerprint density at radius 1 is 1.20 bits per heavy atom. The summed E-state index contributed by atoms with van der Waals surface area (Å²) >= 11 is 0. The Bertz CT molecular complexity index is 519. The van der Waals surface area contributed by atoms with Crippen LogP contribution in [0, 0.1) is 0 Å². The highest BCUT2D eigenvalue weighted by Gasteiger charge is 2.18. The van der Waals surface area contributed by atoms with Crippen molar-refractivity contribution in [2.24, 2.45) is 0 Å². The first-order valence-corrected chi connectivity index (χ1v) is 6.89. The van der Waals surface area contributed by atoms with Crippen molar-refractivity contribution in [3.05, 3.63) is 17.7 Å². The van der Waals surface area contributed by atoms with Crippen molar-refractivity contribution in [1.82, 2.24) is 10.2 Å². The first-order valence-electron chi connectivity index (χ1n) is 6.89. The minimum Gasteiger partial charge on any atom is -0.486 e. The number of nitrogen functional groups attached to an aromatic ring is 1. The quantitative estimate of drug-likeness (QED) is 0.763. The summed E-state index contributed by atoms with van der Waals surface area (Å²) < 4.78 is 11.1. The topological polar surface area (TPSA) is 76.8 Å². The summed E-state index contributed by atoms with van der Waals surface area (Å²) in [6, 6.07) is 3.77. The Kier molecular flexibility index (Phi) is 3.64. The molecule has 1 aromatic carbocycles.